The van der Waals surface area contributed by atoms with E-state index in [0.29, 0.717) is 16.4 Å². The van der Waals surface area contributed by atoms with Gasteiger partial charge in [-0.1, -0.05) is 47.2 Å². The second-order valence-electron chi connectivity index (χ2n) is 4.20. The van der Waals surface area contributed by atoms with E-state index >= 15 is 0 Å². The molecule has 0 aliphatic carbocycles. The first-order chi connectivity index (χ1) is 9.24. The second-order valence-corrected chi connectivity index (χ2v) is 4.61. The SMILES string of the molecule is Cc1ccc(-c2noc(-c3ccc[nH]c3=S)n2)cc1. The number of hydrogen-bond donors (Lipinski definition) is 1. The molecule has 4 nitrogen and oxygen atoms in total. The molecule has 0 saturated heterocycles. The molecule has 0 aliphatic heterocycles. The van der Waals surface area contributed by atoms with Crippen LogP contribution in [0.25, 0.3) is 22.8 Å². The summed E-state index contributed by atoms with van der Waals surface area (Å²) in [5, 5.41) is 3.99. The van der Waals surface area contributed by atoms with E-state index in [9.17, 15) is 0 Å². The van der Waals surface area contributed by atoms with E-state index in [2.05, 4.69) is 15.1 Å². The van der Waals surface area contributed by atoms with Gasteiger partial charge in [0, 0.05) is 11.8 Å². The number of rotatable bonds is 2. The Hall–Kier alpha value is -2.27. The third-order valence-corrected chi connectivity index (χ3v) is 3.12. The number of hydrogen-bond acceptors (Lipinski definition) is 4. The van der Waals surface area contributed by atoms with Crippen molar-refractivity contribution in [3.05, 3.63) is 52.8 Å². The quantitative estimate of drug-likeness (QED) is 0.719. The van der Waals surface area contributed by atoms with Crippen molar-refractivity contribution in [2.75, 3.05) is 0 Å². The van der Waals surface area contributed by atoms with Gasteiger partial charge in [0.15, 0.2) is 0 Å². The molecule has 0 aliphatic rings. The summed E-state index contributed by atoms with van der Waals surface area (Å²) in [6.45, 7) is 2.04. The summed E-state index contributed by atoms with van der Waals surface area (Å²) in [5.41, 5.74) is 2.85. The van der Waals surface area contributed by atoms with Crippen molar-refractivity contribution in [2.24, 2.45) is 0 Å². The molecule has 0 saturated carbocycles. The molecule has 0 bridgehead atoms. The zero-order valence-electron chi connectivity index (χ0n) is 10.3. The molecule has 0 amide bonds. The maximum absolute atomic E-state index is 5.27. The van der Waals surface area contributed by atoms with E-state index in [1.165, 1.54) is 5.56 Å². The highest BCUT2D eigenvalue weighted by molar-refractivity contribution is 7.71. The Bertz CT molecular complexity index is 759. The molecule has 0 fully saturated rings. The minimum absolute atomic E-state index is 0.428. The summed E-state index contributed by atoms with van der Waals surface area (Å²) in [7, 11) is 0. The van der Waals surface area contributed by atoms with Gasteiger partial charge in [-0.05, 0) is 19.1 Å². The smallest absolute Gasteiger partial charge is 0.261 e. The van der Waals surface area contributed by atoms with Crippen LogP contribution in [0.1, 0.15) is 5.56 Å². The molecule has 94 valence electrons. The van der Waals surface area contributed by atoms with Crippen molar-refractivity contribution in [3.63, 3.8) is 0 Å². The summed E-state index contributed by atoms with van der Waals surface area (Å²) < 4.78 is 5.85. The zero-order valence-corrected chi connectivity index (χ0v) is 11.1. The third-order valence-electron chi connectivity index (χ3n) is 2.78. The Labute approximate surface area is 115 Å². The molecule has 0 spiro atoms. The van der Waals surface area contributed by atoms with Gasteiger partial charge < -0.3 is 9.51 Å². The standard InChI is InChI=1S/C14H11N3OS/c1-9-4-6-10(7-5-9)12-16-13(18-17-12)11-3-2-8-15-14(11)19/h2-8H,1H3,(H,15,19). The predicted octanol–water partition coefficient (Wildman–Crippen LogP) is 3.77. The minimum atomic E-state index is 0.428. The molecule has 3 aromatic rings. The second kappa shape index (κ2) is 4.78. The van der Waals surface area contributed by atoms with Crippen molar-refractivity contribution in [2.45, 2.75) is 6.92 Å². The molecule has 0 unspecified atom stereocenters. The minimum Gasteiger partial charge on any atom is -0.352 e. The lowest BCUT2D eigenvalue weighted by molar-refractivity contribution is 0.432. The van der Waals surface area contributed by atoms with Gasteiger partial charge in [0.2, 0.25) is 5.82 Å². The molecule has 0 radical (unpaired) electrons. The lowest BCUT2D eigenvalue weighted by atomic mass is 10.1. The number of H-pyrrole nitrogens is 1. The first-order valence-corrected chi connectivity index (χ1v) is 6.24. The Morgan fingerprint density at radius 3 is 2.68 bits per heavy atom. The summed E-state index contributed by atoms with van der Waals surface area (Å²) in [4.78, 5) is 7.32. The van der Waals surface area contributed by atoms with Crippen LogP contribution < -0.4 is 0 Å². The molecule has 1 N–H and O–H groups in total. The van der Waals surface area contributed by atoms with E-state index in [4.69, 9.17) is 16.7 Å². The molecular formula is C14H11N3OS. The molecule has 1 aromatic carbocycles. The van der Waals surface area contributed by atoms with Gasteiger partial charge in [-0.3, -0.25) is 0 Å². The van der Waals surface area contributed by atoms with Gasteiger partial charge in [-0.2, -0.15) is 4.98 Å². The number of nitrogens with zero attached hydrogens (tertiary/aromatic N) is 2. The largest absolute Gasteiger partial charge is 0.352 e. The molecule has 3 rings (SSSR count). The van der Waals surface area contributed by atoms with Crippen LogP contribution in [0, 0.1) is 11.6 Å². The van der Waals surface area contributed by atoms with Crippen LogP contribution in [0.3, 0.4) is 0 Å². The van der Waals surface area contributed by atoms with Gasteiger partial charge in [0.25, 0.3) is 5.89 Å². The fourth-order valence-corrected chi connectivity index (χ4v) is 1.97. The number of aryl methyl sites for hydroxylation is 1. The summed E-state index contributed by atoms with van der Waals surface area (Å²) in [6, 6.07) is 11.7. The molecule has 5 heteroatoms. The van der Waals surface area contributed by atoms with Gasteiger partial charge in [-0.15, -0.1) is 0 Å². The molecule has 2 heterocycles. The third kappa shape index (κ3) is 2.32. The first kappa shape index (κ1) is 11.8. The van der Waals surface area contributed by atoms with Crippen LogP contribution in [0.4, 0.5) is 0 Å². The van der Waals surface area contributed by atoms with E-state index in [-0.39, 0.29) is 0 Å². The van der Waals surface area contributed by atoms with Crippen LogP contribution >= 0.6 is 12.2 Å². The van der Waals surface area contributed by atoms with Gasteiger partial charge in [0.05, 0.1) is 5.56 Å². The Kier molecular flexibility index (Phi) is 2.97. The molecular weight excluding hydrogens is 258 g/mol. The number of aromatic nitrogens is 3. The monoisotopic (exact) mass is 269 g/mol. The lowest BCUT2D eigenvalue weighted by Gasteiger charge is -1.95. The Morgan fingerprint density at radius 2 is 1.95 bits per heavy atom. The van der Waals surface area contributed by atoms with Gasteiger partial charge in [-0.25, -0.2) is 0 Å². The average Bonchev–Trinajstić information content (AvgIpc) is 2.89. The zero-order chi connectivity index (χ0) is 13.2. The average molecular weight is 269 g/mol. The van der Waals surface area contributed by atoms with Crippen molar-refractivity contribution >= 4 is 12.2 Å². The van der Waals surface area contributed by atoms with Crippen LogP contribution in [0.15, 0.2) is 47.1 Å². The van der Waals surface area contributed by atoms with Gasteiger partial charge in [0.1, 0.15) is 4.64 Å². The Morgan fingerprint density at radius 1 is 1.16 bits per heavy atom. The maximum atomic E-state index is 5.27. The van der Waals surface area contributed by atoms with Crippen LogP contribution in [0.5, 0.6) is 0 Å². The molecule has 2 aromatic heterocycles. The van der Waals surface area contributed by atoms with Crippen molar-refractivity contribution in [3.8, 4) is 22.8 Å². The van der Waals surface area contributed by atoms with E-state index in [1.54, 1.807) is 6.20 Å². The van der Waals surface area contributed by atoms with Crippen molar-refractivity contribution in [1.29, 1.82) is 0 Å². The fraction of sp³-hybridized carbons (Fsp3) is 0.0714. The molecule has 0 atom stereocenters. The van der Waals surface area contributed by atoms with E-state index < -0.39 is 0 Å². The topological polar surface area (TPSA) is 54.7 Å². The fourth-order valence-electron chi connectivity index (χ4n) is 1.74. The van der Waals surface area contributed by atoms with Gasteiger partial charge >= 0.3 is 0 Å². The summed E-state index contributed by atoms with van der Waals surface area (Å²) >= 11 is 5.19. The number of aromatic amines is 1. The first-order valence-electron chi connectivity index (χ1n) is 5.83. The van der Waals surface area contributed by atoms with E-state index in [0.717, 1.165) is 11.1 Å². The highest BCUT2D eigenvalue weighted by atomic mass is 32.1. The van der Waals surface area contributed by atoms with Crippen molar-refractivity contribution in [1.82, 2.24) is 15.1 Å². The maximum Gasteiger partial charge on any atom is 0.261 e. The highest BCUT2D eigenvalue weighted by Crippen LogP contribution is 2.22. The Balaban J connectivity index is 2.02. The summed E-state index contributed by atoms with van der Waals surface area (Å²) in [5.74, 6) is 0.991. The van der Waals surface area contributed by atoms with Crippen molar-refractivity contribution < 1.29 is 4.52 Å². The van der Waals surface area contributed by atoms with Crippen LogP contribution in [0.2, 0.25) is 0 Å². The predicted molar refractivity (Wildman–Crippen MR) is 75.1 cm³/mol. The number of nitrogens with one attached hydrogen (secondary N) is 1. The molecule has 19 heavy (non-hydrogen) atoms. The normalized spacial score (nSPS) is 10.6. The van der Waals surface area contributed by atoms with E-state index in [1.807, 2.05) is 43.3 Å². The van der Waals surface area contributed by atoms with Crippen LogP contribution in [-0.4, -0.2) is 15.1 Å². The number of pyridine rings is 1. The van der Waals surface area contributed by atoms with Crippen LogP contribution in [-0.2, 0) is 0 Å². The number of benzene rings is 1. The highest BCUT2D eigenvalue weighted by Gasteiger charge is 2.11. The summed E-state index contributed by atoms with van der Waals surface area (Å²) in [6.07, 6.45) is 1.77. The lowest BCUT2D eigenvalue weighted by Crippen LogP contribution is -1.83.